The average molecular weight is 158 g/mol. The van der Waals surface area contributed by atoms with E-state index in [1.165, 1.54) is 6.08 Å². The van der Waals surface area contributed by atoms with E-state index in [4.69, 9.17) is 0 Å². The van der Waals surface area contributed by atoms with Crippen LogP contribution in [0.25, 0.3) is 0 Å². The molecular formula is C11H10O. The summed E-state index contributed by atoms with van der Waals surface area (Å²) < 4.78 is 0. The molecule has 0 aliphatic rings. The molecular weight excluding hydrogens is 148 g/mol. The SMILES string of the molecule is C=CC#CC(O)c1ccccc1. The number of hydrogen-bond acceptors (Lipinski definition) is 1. The molecule has 0 amide bonds. The minimum Gasteiger partial charge on any atom is -0.376 e. The lowest BCUT2D eigenvalue weighted by molar-refractivity contribution is 0.238. The first-order chi connectivity index (χ1) is 5.84. The van der Waals surface area contributed by atoms with Crippen molar-refractivity contribution in [2.24, 2.45) is 0 Å². The Hall–Kier alpha value is -1.52. The van der Waals surface area contributed by atoms with Gasteiger partial charge in [0.15, 0.2) is 0 Å². The number of allylic oxidation sites excluding steroid dienone is 1. The number of hydrogen-bond donors (Lipinski definition) is 1. The molecule has 0 aromatic heterocycles. The van der Waals surface area contributed by atoms with Crippen molar-refractivity contribution in [3.05, 3.63) is 48.6 Å². The van der Waals surface area contributed by atoms with Gasteiger partial charge in [-0.1, -0.05) is 48.8 Å². The van der Waals surface area contributed by atoms with Crippen molar-refractivity contribution in [1.29, 1.82) is 0 Å². The molecule has 0 fully saturated rings. The molecule has 0 radical (unpaired) electrons. The van der Waals surface area contributed by atoms with Gasteiger partial charge in [0, 0.05) is 0 Å². The monoisotopic (exact) mass is 158 g/mol. The van der Waals surface area contributed by atoms with Crippen LogP contribution < -0.4 is 0 Å². The first-order valence-electron chi connectivity index (χ1n) is 3.69. The molecule has 1 unspecified atom stereocenters. The van der Waals surface area contributed by atoms with Gasteiger partial charge < -0.3 is 5.11 Å². The summed E-state index contributed by atoms with van der Waals surface area (Å²) in [5.41, 5.74) is 0.812. The summed E-state index contributed by atoms with van der Waals surface area (Å²) in [5.74, 6) is 5.25. The smallest absolute Gasteiger partial charge is 0.140 e. The van der Waals surface area contributed by atoms with E-state index in [9.17, 15) is 5.11 Å². The first-order valence-corrected chi connectivity index (χ1v) is 3.69. The maximum Gasteiger partial charge on any atom is 0.140 e. The molecule has 0 aliphatic carbocycles. The van der Waals surface area contributed by atoms with Crippen LogP contribution in [-0.4, -0.2) is 5.11 Å². The Morgan fingerprint density at radius 1 is 1.33 bits per heavy atom. The molecule has 1 aromatic carbocycles. The Labute approximate surface area is 72.4 Å². The van der Waals surface area contributed by atoms with Crippen molar-refractivity contribution in [2.75, 3.05) is 0 Å². The molecule has 12 heavy (non-hydrogen) atoms. The van der Waals surface area contributed by atoms with Gasteiger partial charge in [-0.05, 0) is 11.6 Å². The highest BCUT2D eigenvalue weighted by molar-refractivity contribution is 5.26. The summed E-state index contributed by atoms with van der Waals surface area (Å²) in [6, 6.07) is 9.31. The number of benzene rings is 1. The van der Waals surface area contributed by atoms with E-state index in [0.717, 1.165) is 5.56 Å². The molecule has 1 aromatic rings. The standard InChI is InChI=1S/C11H10O/c1-2-3-9-11(12)10-7-5-4-6-8-10/h2,4-8,11-12H,1H2. The normalized spacial score (nSPS) is 11.1. The van der Waals surface area contributed by atoms with Crippen LogP contribution >= 0.6 is 0 Å². The van der Waals surface area contributed by atoms with Crippen LogP contribution in [-0.2, 0) is 0 Å². The second kappa shape index (κ2) is 4.38. The second-order valence-electron chi connectivity index (χ2n) is 2.31. The van der Waals surface area contributed by atoms with Gasteiger partial charge >= 0.3 is 0 Å². The fourth-order valence-electron chi connectivity index (χ4n) is 0.857. The molecule has 0 saturated carbocycles. The molecule has 1 N–H and O–H groups in total. The van der Waals surface area contributed by atoms with Crippen LogP contribution in [0.15, 0.2) is 43.0 Å². The van der Waals surface area contributed by atoms with Crippen LogP contribution in [0.3, 0.4) is 0 Å². The van der Waals surface area contributed by atoms with Gasteiger partial charge in [0.1, 0.15) is 6.10 Å². The van der Waals surface area contributed by atoms with Crippen LogP contribution in [0.2, 0.25) is 0 Å². The molecule has 60 valence electrons. The predicted octanol–water partition coefficient (Wildman–Crippen LogP) is 1.91. The summed E-state index contributed by atoms with van der Waals surface area (Å²) in [4.78, 5) is 0. The van der Waals surface area contributed by atoms with Gasteiger partial charge in [-0.15, -0.1) is 0 Å². The van der Waals surface area contributed by atoms with Crippen molar-refractivity contribution in [2.45, 2.75) is 6.10 Å². The van der Waals surface area contributed by atoms with Crippen LogP contribution in [0.4, 0.5) is 0 Å². The summed E-state index contributed by atoms with van der Waals surface area (Å²) in [5, 5.41) is 9.43. The molecule has 0 saturated heterocycles. The van der Waals surface area contributed by atoms with Gasteiger partial charge in [-0.25, -0.2) is 0 Å². The molecule has 0 bridgehead atoms. The van der Waals surface area contributed by atoms with E-state index in [-0.39, 0.29) is 0 Å². The van der Waals surface area contributed by atoms with Crippen LogP contribution in [0.1, 0.15) is 11.7 Å². The van der Waals surface area contributed by atoms with Gasteiger partial charge in [-0.3, -0.25) is 0 Å². The van der Waals surface area contributed by atoms with Gasteiger partial charge in [-0.2, -0.15) is 0 Å². The van der Waals surface area contributed by atoms with E-state index < -0.39 is 6.10 Å². The Morgan fingerprint density at radius 3 is 2.58 bits per heavy atom. The minimum absolute atomic E-state index is 0.704. The zero-order valence-corrected chi connectivity index (χ0v) is 6.70. The molecule has 1 rings (SSSR count). The lowest BCUT2D eigenvalue weighted by Gasteiger charge is -2.00. The predicted molar refractivity (Wildman–Crippen MR) is 49.4 cm³/mol. The first kappa shape index (κ1) is 8.58. The number of rotatable bonds is 1. The molecule has 0 heterocycles. The van der Waals surface area contributed by atoms with Crippen molar-refractivity contribution in [3.8, 4) is 11.8 Å². The molecule has 0 spiro atoms. The van der Waals surface area contributed by atoms with Crippen LogP contribution in [0, 0.1) is 11.8 Å². The maximum atomic E-state index is 9.43. The average Bonchev–Trinajstić information content (AvgIpc) is 2.15. The number of aliphatic hydroxyl groups excluding tert-OH is 1. The third-order valence-electron chi connectivity index (χ3n) is 1.44. The summed E-state index contributed by atoms with van der Waals surface area (Å²) in [6.45, 7) is 3.44. The molecule has 1 heteroatoms. The number of aliphatic hydroxyl groups is 1. The Kier molecular flexibility index (Phi) is 3.13. The quantitative estimate of drug-likeness (QED) is 0.619. The lowest BCUT2D eigenvalue weighted by atomic mass is 10.1. The highest BCUT2D eigenvalue weighted by Crippen LogP contribution is 2.09. The molecule has 1 atom stereocenters. The Morgan fingerprint density at radius 2 is 2.00 bits per heavy atom. The van der Waals surface area contributed by atoms with E-state index >= 15 is 0 Å². The van der Waals surface area contributed by atoms with E-state index in [1.807, 2.05) is 30.3 Å². The zero-order chi connectivity index (χ0) is 8.81. The van der Waals surface area contributed by atoms with Crippen molar-refractivity contribution in [3.63, 3.8) is 0 Å². The maximum absolute atomic E-state index is 9.43. The Balaban J connectivity index is 2.78. The molecule has 1 nitrogen and oxygen atoms in total. The zero-order valence-electron chi connectivity index (χ0n) is 6.70. The summed E-state index contributed by atoms with van der Waals surface area (Å²) >= 11 is 0. The summed E-state index contributed by atoms with van der Waals surface area (Å²) in [6.07, 6.45) is 0.760. The molecule has 0 aliphatic heterocycles. The minimum atomic E-state index is -0.704. The van der Waals surface area contributed by atoms with Gasteiger partial charge in [0.25, 0.3) is 0 Å². The second-order valence-corrected chi connectivity index (χ2v) is 2.31. The van der Waals surface area contributed by atoms with E-state index in [0.29, 0.717) is 0 Å². The largest absolute Gasteiger partial charge is 0.376 e. The van der Waals surface area contributed by atoms with Crippen LogP contribution in [0.5, 0.6) is 0 Å². The van der Waals surface area contributed by atoms with Gasteiger partial charge in [0.05, 0.1) is 0 Å². The lowest BCUT2D eigenvalue weighted by Crippen LogP contribution is -1.91. The third kappa shape index (κ3) is 2.26. The third-order valence-corrected chi connectivity index (χ3v) is 1.44. The summed E-state index contributed by atoms with van der Waals surface area (Å²) in [7, 11) is 0. The van der Waals surface area contributed by atoms with E-state index in [1.54, 1.807) is 0 Å². The fraction of sp³-hybridized carbons (Fsp3) is 0.0909. The Bertz CT molecular complexity index is 303. The van der Waals surface area contributed by atoms with Gasteiger partial charge in [0.2, 0.25) is 0 Å². The highest BCUT2D eigenvalue weighted by atomic mass is 16.3. The van der Waals surface area contributed by atoms with E-state index in [2.05, 4.69) is 18.4 Å². The fourth-order valence-corrected chi connectivity index (χ4v) is 0.857. The highest BCUT2D eigenvalue weighted by Gasteiger charge is 1.99. The van der Waals surface area contributed by atoms with Crippen molar-refractivity contribution < 1.29 is 5.11 Å². The van der Waals surface area contributed by atoms with Crippen molar-refractivity contribution in [1.82, 2.24) is 0 Å². The van der Waals surface area contributed by atoms with Crippen molar-refractivity contribution >= 4 is 0 Å². The topological polar surface area (TPSA) is 20.2 Å².